The van der Waals surface area contributed by atoms with E-state index in [1.807, 2.05) is 13.0 Å². The minimum Gasteiger partial charge on any atom is -0.343 e. The van der Waals surface area contributed by atoms with Crippen LogP contribution in [0.2, 0.25) is 0 Å². The van der Waals surface area contributed by atoms with E-state index in [0.717, 1.165) is 17.8 Å². The Morgan fingerprint density at radius 1 is 1.38 bits per heavy atom. The number of nitrogens with zero attached hydrogens (tertiary/aromatic N) is 4. The minimum atomic E-state index is -3.14. The maximum absolute atomic E-state index is 11.6. The van der Waals surface area contributed by atoms with Crippen LogP contribution in [-0.4, -0.2) is 52.0 Å². The van der Waals surface area contributed by atoms with Gasteiger partial charge in [0.15, 0.2) is 5.82 Å². The highest BCUT2D eigenvalue weighted by Crippen LogP contribution is 2.28. The highest BCUT2D eigenvalue weighted by atomic mass is 32.2. The first kappa shape index (κ1) is 14.2. The Bertz CT molecular complexity index is 742. The van der Waals surface area contributed by atoms with Crippen LogP contribution in [0.3, 0.4) is 0 Å². The molecule has 112 valence electrons. The molecule has 0 aliphatic carbocycles. The highest BCUT2D eigenvalue weighted by molar-refractivity contribution is 7.88. The number of rotatable bonds is 3. The molecule has 3 rings (SSSR count). The van der Waals surface area contributed by atoms with Crippen LogP contribution in [0.4, 0.5) is 0 Å². The van der Waals surface area contributed by atoms with Gasteiger partial charge in [-0.15, -0.1) is 0 Å². The number of imidazole rings is 1. The second-order valence-electron chi connectivity index (χ2n) is 5.27. The van der Waals surface area contributed by atoms with Crippen molar-refractivity contribution < 1.29 is 8.42 Å². The first-order valence-corrected chi connectivity index (χ1v) is 8.59. The van der Waals surface area contributed by atoms with Crippen molar-refractivity contribution in [3.8, 4) is 11.5 Å². The van der Waals surface area contributed by atoms with Gasteiger partial charge in [0.05, 0.1) is 6.26 Å². The first-order chi connectivity index (χ1) is 9.93. The molecule has 0 unspecified atom stereocenters. The molecule has 2 aromatic heterocycles. The fraction of sp³-hybridized carbons (Fsp3) is 0.462. The van der Waals surface area contributed by atoms with E-state index in [1.54, 1.807) is 12.4 Å². The molecule has 0 bridgehead atoms. The van der Waals surface area contributed by atoms with Crippen LogP contribution in [0.5, 0.6) is 0 Å². The number of aromatic amines is 1. The molecule has 2 aromatic rings. The fourth-order valence-corrected chi connectivity index (χ4v) is 3.49. The van der Waals surface area contributed by atoms with Gasteiger partial charge in [0, 0.05) is 37.1 Å². The molecule has 1 saturated heterocycles. The van der Waals surface area contributed by atoms with Gasteiger partial charge in [-0.3, -0.25) is 0 Å². The van der Waals surface area contributed by atoms with Crippen LogP contribution >= 0.6 is 0 Å². The minimum absolute atomic E-state index is 0.107. The summed E-state index contributed by atoms with van der Waals surface area (Å²) in [6.07, 6.45) is 5.44. The molecule has 0 radical (unpaired) electrons. The number of nitrogens with one attached hydrogen (secondary N) is 1. The molecule has 7 nitrogen and oxygen atoms in total. The second kappa shape index (κ2) is 5.19. The van der Waals surface area contributed by atoms with Crippen molar-refractivity contribution in [2.24, 2.45) is 0 Å². The third-order valence-electron chi connectivity index (χ3n) is 3.64. The summed E-state index contributed by atoms with van der Waals surface area (Å²) < 4.78 is 24.7. The van der Waals surface area contributed by atoms with Crippen LogP contribution in [0.1, 0.15) is 23.9 Å². The fourth-order valence-electron chi connectivity index (χ4n) is 2.60. The van der Waals surface area contributed by atoms with Gasteiger partial charge in [0.2, 0.25) is 10.0 Å². The van der Waals surface area contributed by atoms with Crippen molar-refractivity contribution in [1.82, 2.24) is 24.2 Å². The van der Waals surface area contributed by atoms with Gasteiger partial charge in [-0.1, -0.05) is 0 Å². The summed E-state index contributed by atoms with van der Waals surface area (Å²) in [5, 5.41) is 0. The molecular formula is C13H17N5O2S. The second-order valence-corrected chi connectivity index (χ2v) is 7.25. The van der Waals surface area contributed by atoms with Crippen molar-refractivity contribution in [3.05, 3.63) is 30.0 Å². The van der Waals surface area contributed by atoms with Crippen LogP contribution in [0.25, 0.3) is 11.5 Å². The third-order valence-corrected chi connectivity index (χ3v) is 4.91. The van der Waals surface area contributed by atoms with E-state index in [2.05, 4.69) is 19.9 Å². The predicted molar refractivity (Wildman–Crippen MR) is 78.1 cm³/mol. The number of H-pyrrole nitrogens is 1. The smallest absolute Gasteiger partial charge is 0.211 e. The van der Waals surface area contributed by atoms with Crippen LogP contribution in [0, 0.1) is 6.92 Å². The molecule has 1 atom stereocenters. The van der Waals surface area contributed by atoms with Crippen molar-refractivity contribution in [1.29, 1.82) is 0 Å². The van der Waals surface area contributed by atoms with E-state index >= 15 is 0 Å². The van der Waals surface area contributed by atoms with E-state index in [9.17, 15) is 8.42 Å². The predicted octanol–water partition coefficient (Wildman–Crippen LogP) is 0.924. The third kappa shape index (κ3) is 2.96. The van der Waals surface area contributed by atoms with Gasteiger partial charge in [0.25, 0.3) is 0 Å². The Labute approximate surface area is 123 Å². The maximum Gasteiger partial charge on any atom is 0.211 e. The van der Waals surface area contributed by atoms with Crippen molar-refractivity contribution in [2.75, 3.05) is 19.3 Å². The molecule has 8 heteroatoms. The average molecular weight is 307 g/mol. The summed E-state index contributed by atoms with van der Waals surface area (Å²) in [7, 11) is -3.14. The summed E-state index contributed by atoms with van der Waals surface area (Å²) in [6, 6.07) is 1.89. The van der Waals surface area contributed by atoms with E-state index in [0.29, 0.717) is 24.7 Å². The molecule has 21 heavy (non-hydrogen) atoms. The van der Waals surface area contributed by atoms with Gasteiger partial charge in [-0.2, -0.15) is 0 Å². The molecule has 1 fully saturated rings. The van der Waals surface area contributed by atoms with Crippen LogP contribution in [-0.2, 0) is 10.0 Å². The quantitative estimate of drug-likeness (QED) is 0.910. The Hall–Kier alpha value is -1.80. The zero-order chi connectivity index (χ0) is 15.0. The zero-order valence-corrected chi connectivity index (χ0v) is 12.8. The lowest BCUT2D eigenvalue weighted by Gasteiger charge is -2.13. The van der Waals surface area contributed by atoms with Gasteiger partial charge >= 0.3 is 0 Å². The van der Waals surface area contributed by atoms with Gasteiger partial charge in [-0.25, -0.2) is 27.7 Å². The average Bonchev–Trinajstić information content (AvgIpc) is 3.09. The molecule has 1 aliphatic heterocycles. The first-order valence-electron chi connectivity index (χ1n) is 6.74. The van der Waals surface area contributed by atoms with Crippen molar-refractivity contribution in [2.45, 2.75) is 19.3 Å². The van der Waals surface area contributed by atoms with Crippen molar-refractivity contribution in [3.63, 3.8) is 0 Å². The SMILES string of the molecule is Cc1nc(-c2ncc[nH]2)cc([C@@H]2CCN(S(C)(=O)=O)C2)n1. The maximum atomic E-state index is 11.6. The molecule has 0 amide bonds. The summed E-state index contributed by atoms with van der Waals surface area (Å²) in [4.78, 5) is 16.1. The highest BCUT2D eigenvalue weighted by Gasteiger charge is 2.30. The Kier molecular flexibility index (Phi) is 3.50. The van der Waals surface area contributed by atoms with Gasteiger partial charge in [0.1, 0.15) is 11.5 Å². The Balaban J connectivity index is 1.90. The summed E-state index contributed by atoms with van der Waals surface area (Å²) in [5.74, 6) is 1.46. The van der Waals surface area contributed by atoms with Crippen LogP contribution in [0.15, 0.2) is 18.5 Å². The lowest BCUT2D eigenvalue weighted by molar-refractivity contribution is 0.477. The molecular weight excluding hydrogens is 290 g/mol. The van der Waals surface area contributed by atoms with E-state index in [4.69, 9.17) is 0 Å². The standard InChI is InChI=1S/C13H17N5O2S/c1-9-16-11(7-12(17-9)13-14-4-5-15-13)10-3-6-18(8-10)21(2,19)20/h4-5,7,10H,3,6,8H2,1-2H3,(H,14,15)/t10-/m1/s1. The number of sulfonamides is 1. The van der Waals surface area contributed by atoms with Crippen LogP contribution < -0.4 is 0 Å². The lowest BCUT2D eigenvalue weighted by atomic mass is 10.0. The number of aromatic nitrogens is 4. The molecule has 0 spiro atoms. The molecule has 1 N–H and O–H groups in total. The summed E-state index contributed by atoms with van der Waals surface area (Å²) in [6.45, 7) is 2.86. The molecule has 1 aliphatic rings. The monoisotopic (exact) mass is 307 g/mol. The topological polar surface area (TPSA) is 91.8 Å². The van der Waals surface area contributed by atoms with E-state index < -0.39 is 10.0 Å². The molecule has 0 aromatic carbocycles. The largest absolute Gasteiger partial charge is 0.343 e. The van der Waals surface area contributed by atoms with Crippen molar-refractivity contribution >= 4 is 10.0 Å². The van der Waals surface area contributed by atoms with Gasteiger partial charge < -0.3 is 4.98 Å². The lowest BCUT2D eigenvalue weighted by Crippen LogP contribution is -2.27. The number of hydrogen-bond acceptors (Lipinski definition) is 5. The number of hydrogen-bond donors (Lipinski definition) is 1. The zero-order valence-electron chi connectivity index (χ0n) is 11.9. The summed E-state index contributed by atoms with van der Waals surface area (Å²) in [5.41, 5.74) is 1.61. The summed E-state index contributed by atoms with van der Waals surface area (Å²) >= 11 is 0. The number of aryl methyl sites for hydroxylation is 1. The van der Waals surface area contributed by atoms with E-state index in [-0.39, 0.29) is 5.92 Å². The molecule has 0 saturated carbocycles. The van der Waals surface area contributed by atoms with E-state index in [1.165, 1.54) is 10.6 Å². The normalized spacial score (nSPS) is 20.0. The van der Waals surface area contributed by atoms with Gasteiger partial charge in [-0.05, 0) is 19.4 Å². The Morgan fingerprint density at radius 2 is 2.19 bits per heavy atom. The Morgan fingerprint density at radius 3 is 2.81 bits per heavy atom. The molecule has 3 heterocycles.